The molecule has 6 heteroatoms. The molecule has 148 valence electrons. The standard InChI is InChI=1S/C21H30N2O4/c1-26-18-9-8-17(15-19(18)27-2)21(25)23-12-10-22(11-13-23)20(24)14-16-6-4-3-5-7-16/h8-9,15-16H,3-7,10-14H2,1-2H3. The molecule has 1 aromatic rings. The Bertz CT molecular complexity index is 662. The molecule has 6 nitrogen and oxygen atoms in total. The van der Waals surface area contributed by atoms with Gasteiger partial charge in [-0.2, -0.15) is 0 Å². The Labute approximate surface area is 161 Å². The molecule has 1 aliphatic heterocycles. The predicted molar refractivity (Wildman–Crippen MR) is 103 cm³/mol. The van der Waals surface area contributed by atoms with E-state index in [0.29, 0.717) is 55.6 Å². The number of hydrogen-bond donors (Lipinski definition) is 0. The summed E-state index contributed by atoms with van der Waals surface area (Å²) in [6, 6.07) is 5.21. The van der Waals surface area contributed by atoms with Crippen molar-refractivity contribution in [1.29, 1.82) is 0 Å². The van der Waals surface area contributed by atoms with E-state index in [4.69, 9.17) is 9.47 Å². The van der Waals surface area contributed by atoms with Gasteiger partial charge < -0.3 is 19.3 Å². The van der Waals surface area contributed by atoms with Gasteiger partial charge in [-0.25, -0.2) is 0 Å². The zero-order valence-corrected chi connectivity index (χ0v) is 16.4. The number of rotatable bonds is 5. The van der Waals surface area contributed by atoms with Crippen molar-refractivity contribution in [1.82, 2.24) is 9.80 Å². The number of carbonyl (C=O) groups excluding carboxylic acids is 2. The van der Waals surface area contributed by atoms with E-state index in [9.17, 15) is 9.59 Å². The van der Waals surface area contributed by atoms with Gasteiger partial charge in [-0.1, -0.05) is 19.3 Å². The van der Waals surface area contributed by atoms with E-state index in [1.165, 1.54) is 32.1 Å². The molecule has 0 bridgehead atoms. The first-order valence-electron chi connectivity index (χ1n) is 9.91. The number of amides is 2. The second-order valence-electron chi connectivity index (χ2n) is 7.45. The maximum absolute atomic E-state index is 12.8. The highest BCUT2D eigenvalue weighted by Gasteiger charge is 2.27. The lowest BCUT2D eigenvalue weighted by Gasteiger charge is -2.35. The molecule has 1 heterocycles. The number of benzene rings is 1. The largest absolute Gasteiger partial charge is 0.493 e. The van der Waals surface area contributed by atoms with Crippen molar-refractivity contribution in [2.75, 3.05) is 40.4 Å². The summed E-state index contributed by atoms with van der Waals surface area (Å²) in [7, 11) is 3.13. The van der Waals surface area contributed by atoms with Crippen LogP contribution >= 0.6 is 0 Å². The molecule has 1 saturated heterocycles. The van der Waals surface area contributed by atoms with Crippen LogP contribution in [0.5, 0.6) is 11.5 Å². The van der Waals surface area contributed by atoms with Crippen LogP contribution in [0.1, 0.15) is 48.9 Å². The van der Waals surface area contributed by atoms with Crippen LogP contribution in [0.25, 0.3) is 0 Å². The van der Waals surface area contributed by atoms with Crippen LogP contribution in [0.4, 0.5) is 0 Å². The fourth-order valence-corrected chi connectivity index (χ4v) is 4.08. The van der Waals surface area contributed by atoms with Crippen LogP contribution in [0.15, 0.2) is 18.2 Å². The van der Waals surface area contributed by atoms with E-state index in [1.807, 2.05) is 9.80 Å². The summed E-state index contributed by atoms with van der Waals surface area (Å²) in [5.74, 6) is 1.92. The van der Waals surface area contributed by atoms with Gasteiger partial charge in [0, 0.05) is 38.2 Å². The van der Waals surface area contributed by atoms with Gasteiger partial charge in [0.25, 0.3) is 5.91 Å². The molecule has 0 spiro atoms. The average molecular weight is 374 g/mol. The molecule has 0 atom stereocenters. The number of nitrogens with zero attached hydrogens (tertiary/aromatic N) is 2. The van der Waals surface area contributed by atoms with E-state index in [1.54, 1.807) is 32.4 Å². The average Bonchev–Trinajstić information content (AvgIpc) is 2.73. The number of hydrogen-bond acceptors (Lipinski definition) is 4. The predicted octanol–water partition coefficient (Wildman–Crippen LogP) is 2.96. The quantitative estimate of drug-likeness (QED) is 0.795. The summed E-state index contributed by atoms with van der Waals surface area (Å²) in [5, 5.41) is 0. The molecule has 1 aliphatic carbocycles. The molecule has 3 rings (SSSR count). The number of ether oxygens (including phenoxy) is 2. The Morgan fingerprint density at radius 2 is 1.56 bits per heavy atom. The molecule has 0 radical (unpaired) electrons. The van der Waals surface area contributed by atoms with Gasteiger partial charge in [0.1, 0.15) is 0 Å². The molecule has 2 fully saturated rings. The van der Waals surface area contributed by atoms with E-state index in [-0.39, 0.29) is 11.8 Å². The third-order valence-corrected chi connectivity index (χ3v) is 5.74. The monoisotopic (exact) mass is 374 g/mol. The molecule has 2 amide bonds. The molecule has 0 N–H and O–H groups in total. The highest BCUT2D eigenvalue weighted by atomic mass is 16.5. The Morgan fingerprint density at radius 3 is 2.19 bits per heavy atom. The van der Waals surface area contributed by atoms with Gasteiger partial charge in [-0.15, -0.1) is 0 Å². The van der Waals surface area contributed by atoms with Crippen molar-refractivity contribution in [3.63, 3.8) is 0 Å². The Morgan fingerprint density at radius 1 is 0.926 bits per heavy atom. The molecular weight excluding hydrogens is 344 g/mol. The van der Waals surface area contributed by atoms with Crippen LogP contribution in [-0.2, 0) is 4.79 Å². The summed E-state index contributed by atoms with van der Waals surface area (Å²) >= 11 is 0. The highest BCUT2D eigenvalue weighted by molar-refractivity contribution is 5.95. The molecule has 0 unspecified atom stereocenters. The third kappa shape index (κ3) is 4.73. The minimum absolute atomic E-state index is 0.0321. The van der Waals surface area contributed by atoms with Crippen molar-refractivity contribution in [3.8, 4) is 11.5 Å². The van der Waals surface area contributed by atoms with E-state index in [2.05, 4.69) is 0 Å². The van der Waals surface area contributed by atoms with E-state index >= 15 is 0 Å². The van der Waals surface area contributed by atoms with Gasteiger partial charge in [-0.3, -0.25) is 9.59 Å². The molecule has 1 aromatic carbocycles. The van der Waals surface area contributed by atoms with Gasteiger partial charge in [0.15, 0.2) is 11.5 Å². The van der Waals surface area contributed by atoms with E-state index < -0.39 is 0 Å². The molecular formula is C21H30N2O4. The zero-order chi connectivity index (χ0) is 19.2. The fourth-order valence-electron chi connectivity index (χ4n) is 4.08. The van der Waals surface area contributed by atoms with Gasteiger partial charge >= 0.3 is 0 Å². The SMILES string of the molecule is COc1ccc(C(=O)N2CCN(C(=O)CC3CCCCC3)CC2)cc1OC. The van der Waals surface area contributed by atoms with Crippen LogP contribution in [0.2, 0.25) is 0 Å². The van der Waals surface area contributed by atoms with Crippen LogP contribution in [0, 0.1) is 5.92 Å². The molecule has 0 aromatic heterocycles. The maximum atomic E-state index is 12.8. The van der Waals surface area contributed by atoms with Gasteiger partial charge in [0.2, 0.25) is 5.91 Å². The third-order valence-electron chi connectivity index (χ3n) is 5.74. The smallest absolute Gasteiger partial charge is 0.254 e. The van der Waals surface area contributed by atoms with Gasteiger partial charge in [-0.05, 0) is 37.0 Å². The fraction of sp³-hybridized carbons (Fsp3) is 0.619. The minimum Gasteiger partial charge on any atom is -0.493 e. The van der Waals surface area contributed by atoms with Crippen molar-refractivity contribution in [2.24, 2.45) is 5.92 Å². The lowest BCUT2D eigenvalue weighted by molar-refractivity contribution is -0.133. The molecule has 2 aliphatic rings. The number of carbonyl (C=O) groups is 2. The van der Waals surface area contributed by atoms with Crippen molar-refractivity contribution >= 4 is 11.8 Å². The van der Waals surface area contributed by atoms with Gasteiger partial charge in [0.05, 0.1) is 14.2 Å². The minimum atomic E-state index is -0.0321. The maximum Gasteiger partial charge on any atom is 0.254 e. The summed E-state index contributed by atoms with van der Waals surface area (Å²) < 4.78 is 10.5. The zero-order valence-electron chi connectivity index (χ0n) is 16.4. The van der Waals surface area contributed by atoms with Crippen molar-refractivity contribution in [3.05, 3.63) is 23.8 Å². The Balaban J connectivity index is 1.53. The summed E-state index contributed by atoms with van der Waals surface area (Å²) in [4.78, 5) is 29.1. The summed E-state index contributed by atoms with van der Waals surface area (Å²) in [6.45, 7) is 2.38. The first-order valence-corrected chi connectivity index (χ1v) is 9.91. The lowest BCUT2D eigenvalue weighted by Crippen LogP contribution is -2.50. The van der Waals surface area contributed by atoms with Crippen LogP contribution < -0.4 is 9.47 Å². The second-order valence-corrected chi connectivity index (χ2v) is 7.45. The first-order chi connectivity index (χ1) is 13.1. The topological polar surface area (TPSA) is 59.1 Å². The Kier molecular flexibility index (Phi) is 6.58. The first kappa shape index (κ1) is 19.5. The van der Waals surface area contributed by atoms with Crippen molar-refractivity contribution < 1.29 is 19.1 Å². The molecule has 27 heavy (non-hydrogen) atoms. The summed E-state index contributed by atoms with van der Waals surface area (Å²) in [5.41, 5.74) is 0.578. The summed E-state index contributed by atoms with van der Waals surface area (Å²) in [6.07, 6.45) is 6.86. The molecule has 1 saturated carbocycles. The van der Waals surface area contributed by atoms with Crippen LogP contribution in [-0.4, -0.2) is 62.0 Å². The number of piperazine rings is 1. The second kappa shape index (κ2) is 9.11. The number of methoxy groups -OCH3 is 2. The highest BCUT2D eigenvalue weighted by Crippen LogP contribution is 2.29. The van der Waals surface area contributed by atoms with E-state index in [0.717, 1.165) is 0 Å². The van der Waals surface area contributed by atoms with Crippen LogP contribution in [0.3, 0.4) is 0 Å². The lowest BCUT2D eigenvalue weighted by atomic mass is 9.86. The Hall–Kier alpha value is -2.24. The normalized spacial score (nSPS) is 18.3. The van der Waals surface area contributed by atoms with Crippen molar-refractivity contribution in [2.45, 2.75) is 38.5 Å².